The van der Waals surface area contributed by atoms with Gasteiger partial charge in [0.1, 0.15) is 11.2 Å². The third-order valence-electron chi connectivity index (χ3n) is 3.10. The van der Waals surface area contributed by atoms with Crippen LogP contribution in [0.15, 0.2) is 20.7 Å². The lowest BCUT2D eigenvalue weighted by Crippen LogP contribution is -2.31. The number of unbranched alkanes of at least 4 members (excludes halogenated alkanes) is 1. The van der Waals surface area contributed by atoms with Crippen LogP contribution >= 0.6 is 0 Å². The molecule has 2 aromatic rings. The minimum Gasteiger partial charge on any atom is -0.383 e. The Morgan fingerprint density at radius 1 is 1.38 bits per heavy atom. The van der Waals surface area contributed by atoms with Crippen LogP contribution in [-0.4, -0.2) is 29.2 Å². The van der Waals surface area contributed by atoms with Gasteiger partial charge in [0.05, 0.1) is 5.52 Å². The van der Waals surface area contributed by atoms with Crippen LogP contribution in [0.2, 0.25) is 0 Å². The Balaban J connectivity index is 2.93. The average Bonchev–Trinajstić information content (AvgIpc) is 2.36. The smallest absolute Gasteiger partial charge is 0.328 e. The van der Waals surface area contributed by atoms with E-state index < -0.39 is 21.1 Å². The molecular weight excluding hydrogens is 296 g/mol. The summed E-state index contributed by atoms with van der Waals surface area (Å²) in [5, 5.41) is -0.235. The number of nitrogens with one attached hydrogen (secondary N) is 1. The molecule has 9 heteroatoms. The fourth-order valence-electron chi connectivity index (χ4n) is 2.04. The van der Waals surface area contributed by atoms with Crippen LogP contribution in [0.3, 0.4) is 0 Å². The van der Waals surface area contributed by atoms with Crippen LogP contribution in [0.4, 0.5) is 5.82 Å². The molecular formula is C12H16N4O4S. The largest absolute Gasteiger partial charge is 0.383 e. The number of aromatic nitrogens is 3. The summed E-state index contributed by atoms with van der Waals surface area (Å²) in [7, 11) is -3.60. The van der Waals surface area contributed by atoms with Crippen molar-refractivity contribution in [1.29, 1.82) is 0 Å². The molecule has 2 heterocycles. The lowest BCUT2D eigenvalue weighted by Gasteiger charge is -2.11. The van der Waals surface area contributed by atoms with Crippen molar-refractivity contribution in [3.63, 3.8) is 0 Å². The average molecular weight is 312 g/mol. The van der Waals surface area contributed by atoms with Gasteiger partial charge in [-0.2, -0.15) is 0 Å². The van der Waals surface area contributed by atoms with E-state index in [4.69, 9.17) is 5.73 Å². The third-order valence-corrected chi connectivity index (χ3v) is 4.07. The van der Waals surface area contributed by atoms with E-state index in [0.717, 1.165) is 12.7 Å². The first-order valence-corrected chi connectivity index (χ1v) is 8.28. The molecule has 0 saturated heterocycles. The SMILES string of the molecule is CCCCn1c(=O)[nH]c(=O)c2c(N)nc(S(C)(=O)=O)cc21. The standard InChI is InChI=1S/C12H16N4O4S/c1-3-4-5-16-7-6-8(21(2,19)20)14-10(13)9(7)11(17)15-12(16)18/h6H,3-5H2,1-2H3,(H2,13,14)(H,15,17,18). The molecule has 21 heavy (non-hydrogen) atoms. The van der Waals surface area contributed by atoms with E-state index in [9.17, 15) is 18.0 Å². The van der Waals surface area contributed by atoms with Gasteiger partial charge in [-0.3, -0.25) is 14.3 Å². The number of rotatable bonds is 4. The maximum atomic E-state index is 11.9. The van der Waals surface area contributed by atoms with Crippen molar-refractivity contribution in [3.05, 3.63) is 26.9 Å². The van der Waals surface area contributed by atoms with Gasteiger partial charge >= 0.3 is 5.69 Å². The number of H-pyrrole nitrogens is 1. The molecule has 0 unspecified atom stereocenters. The second kappa shape index (κ2) is 5.32. The topological polar surface area (TPSA) is 128 Å². The molecule has 0 atom stereocenters. The second-order valence-electron chi connectivity index (χ2n) is 4.78. The molecule has 114 valence electrons. The zero-order valence-electron chi connectivity index (χ0n) is 11.7. The van der Waals surface area contributed by atoms with Crippen LogP contribution in [0.1, 0.15) is 19.8 Å². The highest BCUT2D eigenvalue weighted by atomic mass is 32.2. The first kappa shape index (κ1) is 15.2. The zero-order valence-corrected chi connectivity index (χ0v) is 12.5. The highest BCUT2D eigenvalue weighted by Crippen LogP contribution is 2.18. The van der Waals surface area contributed by atoms with Crippen molar-refractivity contribution < 1.29 is 8.42 Å². The number of nitrogen functional groups attached to an aromatic ring is 1. The molecule has 2 rings (SSSR count). The number of hydrogen-bond acceptors (Lipinski definition) is 6. The van der Waals surface area contributed by atoms with Gasteiger partial charge in [-0.15, -0.1) is 0 Å². The molecule has 0 aliphatic carbocycles. The molecule has 2 aromatic heterocycles. The van der Waals surface area contributed by atoms with Crippen molar-refractivity contribution in [3.8, 4) is 0 Å². The van der Waals surface area contributed by atoms with Gasteiger partial charge in [-0.1, -0.05) is 13.3 Å². The lowest BCUT2D eigenvalue weighted by atomic mass is 10.2. The molecule has 8 nitrogen and oxygen atoms in total. The van der Waals surface area contributed by atoms with E-state index in [1.54, 1.807) is 0 Å². The maximum absolute atomic E-state index is 11.9. The molecule has 0 spiro atoms. The van der Waals surface area contributed by atoms with E-state index >= 15 is 0 Å². The van der Waals surface area contributed by atoms with Crippen LogP contribution in [0.25, 0.3) is 10.9 Å². The van der Waals surface area contributed by atoms with Gasteiger partial charge in [-0.25, -0.2) is 18.2 Å². The van der Waals surface area contributed by atoms with Crippen molar-refractivity contribution in [2.45, 2.75) is 31.3 Å². The Morgan fingerprint density at radius 2 is 2.05 bits per heavy atom. The van der Waals surface area contributed by atoms with Crippen LogP contribution < -0.4 is 17.0 Å². The van der Waals surface area contributed by atoms with Crippen molar-refractivity contribution in [1.82, 2.24) is 14.5 Å². The number of fused-ring (bicyclic) bond motifs is 1. The lowest BCUT2D eigenvalue weighted by molar-refractivity contribution is 0.597. The van der Waals surface area contributed by atoms with Gasteiger partial charge in [0.25, 0.3) is 5.56 Å². The number of pyridine rings is 1. The van der Waals surface area contributed by atoms with Crippen molar-refractivity contribution >= 4 is 26.6 Å². The Labute approximate surface area is 120 Å². The number of nitrogens with zero attached hydrogens (tertiary/aromatic N) is 2. The highest BCUT2D eigenvalue weighted by Gasteiger charge is 2.17. The van der Waals surface area contributed by atoms with Gasteiger partial charge in [0.2, 0.25) is 0 Å². The van der Waals surface area contributed by atoms with E-state index in [0.29, 0.717) is 13.0 Å². The van der Waals surface area contributed by atoms with E-state index in [1.165, 1.54) is 10.6 Å². The molecule has 0 aromatic carbocycles. The summed E-state index contributed by atoms with van der Waals surface area (Å²) in [6.07, 6.45) is 2.53. The molecule has 0 radical (unpaired) electrons. The van der Waals surface area contributed by atoms with Crippen LogP contribution in [0.5, 0.6) is 0 Å². The molecule has 0 amide bonds. The highest BCUT2D eigenvalue weighted by molar-refractivity contribution is 7.90. The van der Waals surface area contributed by atoms with Crippen LogP contribution in [0, 0.1) is 0 Å². The Hall–Kier alpha value is -2.16. The van der Waals surface area contributed by atoms with Gasteiger partial charge in [-0.05, 0) is 6.42 Å². The summed E-state index contributed by atoms with van der Waals surface area (Å²) in [6, 6.07) is 1.22. The Morgan fingerprint density at radius 3 is 2.62 bits per heavy atom. The van der Waals surface area contributed by atoms with E-state index in [2.05, 4.69) is 9.97 Å². The first-order valence-electron chi connectivity index (χ1n) is 6.39. The minimum absolute atomic E-state index is 0.0260. The minimum atomic E-state index is -3.60. The van der Waals surface area contributed by atoms with Gasteiger partial charge < -0.3 is 5.73 Å². The quantitative estimate of drug-likeness (QED) is 0.809. The molecule has 0 saturated carbocycles. The molecule has 3 N–H and O–H groups in total. The van der Waals surface area contributed by atoms with E-state index in [-0.39, 0.29) is 21.7 Å². The summed E-state index contributed by atoms with van der Waals surface area (Å²) in [5.41, 5.74) is 4.61. The fourth-order valence-corrected chi connectivity index (χ4v) is 2.63. The summed E-state index contributed by atoms with van der Waals surface area (Å²) >= 11 is 0. The van der Waals surface area contributed by atoms with Crippen molar-refractivity contribution in [2.75, 3.05) is 12.0 Å². The normalized spacial score (nSPS) is 11.9. The number of hydrogen-bond donors (Lipinski definition) is 2. The number of nitrogens with two attached hydrogens (primary N) is 1. The van der Waals surface area contributed by atoms with Crippen molar-refractivity contribution in [2.24, 2.45) is 0 Å². The Bertz CT molecular complexity index is 911. The molecule has 0 fully saturated rings. The molecule has 0 aliphatic heterocycles. The number of sulfone groups is 1. The third kappa shape index (κ3) is 2.82. The number of anilines is 1. The molecule has 0 aliphatic rings. The number of aryl methyl sites for hydroxylation is 1. The predicted octanol–water partition coefficient (Wildman–Crippen LogP) is -0.129. The second-order valence-corrected chi connectivity index (χ2v) is 6.74. The van der Waals surface area contributed by atoms with Gasteiger partial charge in [0.15, 0.2) is 14.9 Å². The summed E-state index contributed by atoms with van der Waals surface area (Å²) in [4.78, 5) is 29.7. The van der Waals surface area contributed by atoms with Gasteiger partial charge in [0, 0.05) is 18.9 Å². The molecule has 0 bridgehead atoms. The zero-order chi connectivity index (χ0) is 15.8. The summed E-state index contributed by atoms with van der Waals surface area (Å²) < 4.78 is 24.6. The first-order chi connectivity index (χ1) is 9.75. The van der Waals surface area contributed by atoms with Crippen LogP contribution in [-0.2, 0) is 16.4 Å². The monoisotopic (exact) mass is 312 g/mol. The maximum Gasteiger partial charge on any atom is 0.328 e. The summed E-state index contributed by atoms with van der Waals surface area (Å²) in [5.74, 6) is -0.209. The summed E-state index contributed by atoms with van der Waals surface area (Å²) in [6.45, 7) is 2.31. The predicted molar refractivity (Wildman–Crippen MR) is 79.1 cm³/mol. The van der Waals surface area contributed by atoms with E-state index in [1.807, 2.05) is 6.92 Å². The number of aromatic amines is 1. The fraction of sp³-hybridized carbons (Fsp3) is 0.417. The Kier molecular flexibility index (Phi) is 3.86.